The van der Waals surface area contributed by atoms with E-state index in [1.54, 1.807) is 0 Å². The van der Waals surface area contributed by atoms with Crippen LogP contribution in [0.15, 0.2) is 0 Å². The van der Waals surface area contributed by atoms with Crippen molar-refractivity contribution in [2.45, 2.75) is 110 Å². The van der Waals surface area contributed by atoms with Gasteiger partial charge in [-0.15, -0.1) is 0 Å². The first-order valence-corrected chi connectivity index (χ1v) is 11.8. The molecule has 0 amide bonds. The van der Waals surface area contributed by atoms with Crippen molar-refractivity contribution in [3.63, 3.8) is 0 Å². The Morgan fingerprint density at radius 2 is 1.29 bits per heavy atom. The van der Waals surface area contributed by atoms with Crippen LogP contribution in [0.2, 0.25) is 0 Å². The summed E-state index contributed by atoms with van der Waals surface area (Å²) in [7, 11) is 1.06. The van der Waals surface area contributed by atoms with Crippen LogP contribution < -0.4 is 0 Å². The molecule has 0 saturated carbocycles. The topological polar surface area (TPSA) is 20.2 Å². The normalized spacial score (nSPS) is 12.6. The van der Waals surface area contributed by atoms with Gasteiger partial charge in [0.2, 0.25) is 0 Å². The van der Waals surface area contributed by atoms with Gasteiger partial charge in [0.25, 0.3) is 0 Å². The molecule has 24 heavy (non-hydrogen) atoms. The van der Waals surface area contributed by atoms with Crippen LogP contribution in [-0.4, -0.2) is 17.9 Å². The molecule has 0 spiro atoms. The molecule has 1 nitrogen and oxygen atoms in total. The van der Waals surface area contributed by atoms with Crippen molar-refractivity contribution in [2.24, 2.45) is 5.92 Å². The van der Waals surface area contributed by atoms with Crippen LogP contribution >= 0.6 is 8.58 Å². The number of unbranched alkanes of at least 4 members (excludes halogenated alkanes) is 9. The Hall–Kier alpha value is 0.974. The van der Waals surface area contributed by atoms with Gasteiger partial charge < -0.3 is 11.3 Å². The first kappa shape index (κ1) is 27.2. The van der Waals surface area contributed by atoms with E-state index in [4.69, 9.17) is 5.11 Å². The Labute approximate surface area is 167 Å². The van der Waals surface area contributed by atoms with Crippen LogP contribution in [0, 0.1) is 12.1 Å². The van der Waals surface area contributed by atoms with E-state index in [1.807, 2.05) is 0 Å². The molecule has 0 aromatic carbocycles. The smallest absolute Gasteiger partial charge is 0.396 e. The minimum absolute atomic E-state index is 0. The molecule has 0 fully saturated rings. The standard InChI is InChI=1S/C21H44OP.V/c1-3-5-7-9-10-12-15-21(16-14-18-22)17-20-23-19-13-11-8-6-4-2;/h20-23H,3-19H2,1-2H3;/q-1;+2. The van der Waals surface area contributed by atoms with Crippen LogP contribution in [-0.2, 0) is 18.6 Å². The summed E-state index contributed by atoms with van der Waals surface area (Å²) in [6, 6.07) is 0. The zero-order valence-electron chi connectivity index (χ0n) is 16.6. The van der Waals surface area contributed by atoms with E-state index in [1.165, 1.54) is 96.1 Å². The summed E-state index contributed by atoms with van der Waals surface area (Å²) in [6.45, 7) is 4.93. The van der Waals surface area contributed by atoms with E-state index < -0.39 is 0 Å². The van der Waals surface area contributed by atoms with Crippen molar-refractivity contribution in [1.82, 2.24) is 0 Å². The molecule has 0 aliphatic heterocycles. The van der Waals surface area contributed by atoms with Gasteiger partial charge in [-0.3, -0.25) is 8.58 Å². The molecule has 0 aliphatic carbocycles. The van der Waals surface area contributed by atoms with Crippen LogP contribution in [0.1, 0.15) is 110 Å². The maximum atomic E-state index is 9.09. The molecular weight excluding hydrogens is 350 g/mol. The monoisotopic (exact) mass is 394 g/mol. The third-order valence-corrected chi connectivity index (χ3v) is 5.92. The fraction of sp³-hybridized carbons (Fsp3) is 0.952. The van der Waals surface area contributed by atoms with E-state index in [0.717, 1.165) is 20.9 Å². The number of hydrogen-bond donors (Lipinski definition) is 1. The third-order valence-electron chi connectivity index (χ3n) is 4.76. The molecular formula is C21H44OPV+. The SMILES string of the molecule is CCCCCCCCC(C[CH-]PCCCCCCC)CCCO.[V+2]. The van der Waals surface area contributed by atoms with Crippen molar-refractivity contribution < 1.29 is 23.7 Å². The second-order valence-corrected chi connectivity index (χ2v) is 8.41. The van der Waals surface area contributed by atoms with Crippen LogP contribution in [0.5, 0.6) is 0 Å². The second kappa shape index (κ2) is 24.0. The summed E-state index contributed by atoms with van der Waals surface area (Å²) < 4.78 is 0. The Morgan fingerprint density at radius 1 is 0.750 bits per heavy atom. The van der Waals surface area contributed by atoms with Crippen LogP contribution in [0.25, 0.3) is 0 Å². The van der Waals surface area contributed by atoms with E-state index in [0.29, 0.717) is 6.61 Å². The predicted molar refractivity (Wildman–Crippen MR) is 109 cm³/mol. The maximum absolute atomic E-state index is 9.09. The molecule has 0 heterocycles. The maximum Gasteiger partial charge on any atom is 2.00 e. The Kier molecular flexibility index (Phi) is 27.2. The molecule has 2 atom stereocenters. The van der Waals surface area contributed by atoms with Gasteiger partial charge in [-0.2, -0.15) is 6.42 Å². The van der Waals surface area contributed by atoms with Gasteiger partial charge in [-0.05, 0) is 6.42 Å². The van der Waals surface area contributed by atoms with E-state index in [-0.39, 0.29) is 18.6 Å². The summed E-state index contributed by atoms with van der Waals surface area (Å²) in [4.78, 5) is 0. The Morgan fingerprint density at radius 3 is 1.92 bits per heavy atom. The Balaban J connectivity index is 0. The van der Waals surface area contributed by atoms with Crippen molar-refractivity contribution in [3.05, 3.63) is 6.16 Å². The molecule has 1 radical (unpaired) electrons. The average molecular weight is 395 g/mol. The first-order valence-electron chi connectivity index (χ1n) is 10.5. The van der Waals surface area contributed by atoms with Crippen molar-refractivity contribution >= 4 is 8.58 Å². The number of rotatable bonds is 19. The van der Waals surface area contributed by atoms with Gasteiger partial charge in [0.15, 0.2) is 0 Å². The zero-order chi connectivity index (χ0) is 17.0. The zero-order valence-corrected chi connectivity index (χ0v) is 19.0. The largest absolute Gasteiger partial charge is 2.00 e. The molecule has 0 aliphatic rings. The summed E-state index contributed by atoms with van der Waals surface area (Å²) in [5.74, 6) is 0.834. The molecule has 0 bridgehead atoms. The second-order valence-electron chi connectivity index (χ2n) is 7.10. The van der Waals surface area contributed by atoms with Gasteiger partial charge in [-0.25, -0.2) is 0 Å². The van der Waals surface area contributed by atoms with Gasteiger partial charge in [0.1, 0.15) is 0 Å². The summed E-state index contributed by atoms with van der Waals surface area (Å²) in [6.07, 6.45) is 24.3. The molecule has 2 unspecified atom stereocenters. The summed E-state index contributed by atoms with van der Waals surface area (Å²) in [5, 5.41) is 9.09. The van der Waals surface area contributed by atoms with Crippen LogP contribution in [0.3, 0.4) is 0 Å². The van der Waals surface area contributed by atoms with E-state index >= 15 is 0 Å². The van der Waals surface area contributed by atoms with Gasteiger partial charge in [0, 0.05) is 6.61 Å². The fourth-order valence-electron chi connectivity index (χ4n) is 3.16. The van der Waals surface area contributed by atoms with Gasteiger partial charge >= 0.3 is 18.6 Å². The van der Waals surface area contributed by atoms with Gasteiger partial charge in [0.05, 0.1) is 0 Å². The predicted octanol–water partition coefficient (Wildman–Crippen LogP) is 7.32. The molecule has 0 rings (SSSR count). The number of hydrogen-bond acceptors (Lipinski definition) is 1. The van der Waals surface area contributed by atoms with E-state index in [9.17, 15) is 0 Å². The number of aliphatic hydroxyl groups excluding tert-OH is 1. The molecule has 0 aromatic heterocycles. The minimum Gasteiger partial charge on any atom is -0.396 e. The third kappa shape index (κ3) is 21.0. The van der Waals surface area contributed by atoms with Crippen LogP contribution in [0.4, 0.5) is 0 Å². The molecule has 143 valence electrons. The Bertz CT molecular complexity index is 214. The molecule has 0 aromatic rings. The average Bonchev–Trinajstić information content (AvgIpc) is 2.57. The molecule has 0 saturated heterocycles. The summed E-state index contributed by atoms with van der Waals surface area (Å²) >= 11 is 0. The van der Waals surface area contributed by atoms with Crippen molar-refractivity contribution in [3.8, 4) is 0 Å². The first-order chi connectivity index (χ1) is 11.3. The van der Waals surface area contributed by atoms with Gasteiger partial charge in [-0.1, -0.05) is 109 Å². The van der Waals surface area contributed by atoms with Crippen molar-refractivity contribution in [1.29, 1.82) is 0 Å². The van der Waals surface area contributed by atoms with Crippen molar-refractivity contribution in [2.75, 3.05) is 12.8 Å². The minimum atomic E-state index is 0. The number of aliphatic hydroxyl groups is 1. The fourth-order valence-corrected chi connectivity index (χ4v) is 4.31. The van der Waals surface area contributed by atoms with E-state index in [2.05, 4.69) is 20.0 Å². The summed E-state index contributed by atoms with van der Waals surface area (Å²) in [5.41, 5.74) is 0. The molecule has 1 N–H and O–H groups in total. The quantitative estimate of drug-likeness (QED) is 0.138. The molecule has 3 heteroatoms.